The lowest BCUT2D eigenvalue weighted by molar-refractivity contribution is 0.102. The van der Waals surface area contributed by atoms with E-state index in [1.165, 1.54) is 0 Å². The first-order valence-electron chi connectivity index (χ1n) is 12.8. The second-order valence-corrected chi connectivity index (χ2v) is 9.04. The molecule has 4 aromatic carbocycles. The molecule has 0 aliphatic heterocycles. The van der Waals surface area contributed by atoms with Crippen LogP contribution in [0.1, 0.15) is 28.8 Å². The van der Waals surface area contributed by atoms with Crippen molar-refractivity contribution < 1.29 is 19.0 Å². The lowest BCUT2D eigenvalue weighted by Crippen LogP contribution is -2.15. The average molecular weight is 544 g/mol. The number of nitrogens with two attached hydrogens (primary N) is 4. The molecule has 0 spiro atoms. The van der Waals surface area contributed by atoms with Crippen LogP contribution in [0.15, 0.2) is 84.9 Å². The number of amides is 1. The van der Waals surface area contributed by atoms with Gasteiger partial charge in [0.2, 0.25) is 0 Å². The summed E-state index contributed by atoms with van der Waals surface area (Å²) in [5.74, 6) is 2.03. The molecule has 0 heterocycles. The predicted molar refractivity (Wildman–Crippen MR) is 163 cm³/mol. The summed E-state index contributed by atoms with van der Waals surface area (Å²) >= 11 is 0. The van der Waals surface area contributed by atoms with Gasteiger partial charge in [-0.1, -0.05) is 6.07 Å². The Morgan fingerprint density at radius 3 is 1.68 bits per heavy atom. The van der Waals surface area contributed by atoms with Crippen LogP contribution in [0.2, 0.25) is 0 Å². The summed E-state index contributed by atoms with van der Waals surface area (Å²) in [5.41, 5.74) is 27.2. The molecule has 4 aromatic rings. The first kappa shape index (κ1) is 29.5. The van der Waals surface area contributed by atoms with E-state index in [4.69, 9.17) is 37.1 Å². The SMILES string of the molecule is COc1ccc(NC(=O)c2ccc(C)cc2N)c(N)c1.Nc1ccc(OCCCCOc2ccc(N)cc2)cc1. The van der Waals surface area contributed by atoms with Gasteiger partial charge in [0, 0.05) is 23.1 Å². The summed E-state index contributed by atoms with van der Waals surface area (Å²) in [6.45, 7) is 3.27. The highest BCUT2D eigenvalue weighted by Crippen LogP contribution is 2.25. The Hall–Kier alpha value is -5.05. The number of rotatable bonds is 10. The number of anilines is 5. The monoisotopic (exact) mass is 543 g/mol. The quantitative estimate of drug-likeness (QED) is 0.129. The molecule has 9 nitrogen and oxygen atoms in total. The van der Waals surface area contributed by atoms with Crippen molar-refractivity contribution in [1.29, 1.82) is 0 Å². The summed E-state index contributed by atoms with van der Waals surface area (Å²) < 4.78 is 16.3. The Balaban J connectivity index is 0.000000220. The van der Waals surface area contributed by atoms with E-state index >= 15 is 0 Å². The van der Waals surface area contributed by atoms with Crippen molar-refractivity contribution >= 4 is 34.3 Å². The van der Waals surface area contributed by atoms with Crippen molar-refractivity contribution in [3.05, 3.63) is 96.1 Å². The van der Waals surface area contributed by atoms with E-state index in [9.17, 15) is 4.79 Å². The zero-order valence-electron chi connectivity index (χ0n) is 22.9. The molecule has 0 saturated carbocycles. The third-order valence-corrected chi connectivity index (χ3v) is 5.79. The molecule has 1 amide bonds. The molecule has 0 saturated heterocycles. The standard InChI is InChI=1S/C16H20N2O2.C15H17N3O2/c17-13-3-7-15(8-4-13)19-11-1-2-12-20-16-9-5-14(18)6-10-16;1-9-3-5-11(12(16)7-9)15(19)18-14-6-4-10(20-2)8-13(14)17/h3-10H,1-2,11-12,17-18H2;3-8H,16-17H2,1-2H3,(H,18,19). The number of ether oxygens (including phenoxy) is 3. The van der Waals surface area contributed by atoms with Crippen molar-refractivity contribution in [2.45, 2.75) is 19.8 Å². The first-order valence-corrected chi connectivity index (χ1v) is 12.8. The molecule has 0 aliphatic carbocycles. The van der Waals surface area contributed by atoms with Gasteiger partial charge >= 0.3 is 0 Å². The second kappa shape index (κ2) is 14.8. The van der Waals surface area contributed by atoms with Crippen LogP contribution in [0.25, 0.3) is 0 Å². The molecule has 0 unspecified atom stereocenters. The molecular weight excluding hydrogens is 506 g/mol. The molecule has 4 rings (SSSR count). The summed E-state index contributed by atoms with van der Waals surface area (Å²) in [6.07, 6.45) is 1.89. The van der Waals surface area contributed by atoms with Crippen LogP contribution in [-0.4, -0.2) is 26.2 Å². The summed E-state index contributed by atoms with van der Waals surface area (Å²) in [4.78, 5) is 12.2. The number of carbonyl (C=O) groups is 1. The van der Waals surface area contributed by atoms with E-state index in [1.54, 1.807) is 37.4 Å². The van der Waals surface area contributed by atoms with Crippen LogP contribution in [-0.2, 0) is 0 Å². The highest BCUT2D eigenvalue weighted by atomic mass is 16.5. The van der Waals surface area contributed by atoms with Crippen LogP contribution >= 0.6 is 0 Å². The minimum Gasteiger partial charge on any atom is -0.497 e. The molecule has 0 aliphatic rings. The number of hydrogen-bond acceptors (Lipinski definition) is 8. The molecule has 0 radical (unpaired) electrons. The van der Waals surface area contributed by atoms with E-state index in [1.807, 2.05) is 61.5 Å². The summed E-state index contributed by atoms with van der Waals surface area (Å²) in [5, 5.41) is 2.74. The third kappa shape index (κ3) is 9.36. The molecule has 40 heavy (non-hydrogen) atoms. The number of hydrogen-bond donors (Lipinski definition) is 5. The van der Waals surface area contributed by atoms with E-state index in [0.717, 1.165) is 41.3 Å². The van der Waals surface area contributed by atoms with Gasteiger partial charge in [-0.3, -0.25) is 4.79 Å². The Labute approximate surface area is 235 Å². The maximum Gasteiger partial charge on any atom is 0.257 e. The number of methoxy groups -OCH3 is 1. The third-order valence-electron chi connectivity index (χ3n) is 5.79. The van der Waals surface area contributed by atoms with Gasteiger partial charge in [0.15, 0.2) is 0 Å². The number of aryl methyl sites for hydroxylation is 1. The summed E-state index contributed by atoms with van der Waals surface area (Å²) in [7, 11) is 1.56. The maximum absolute atomic E-state index is 12.2. The van der Waals surface area contributed by atoms with Gasteiger partial charge in [-0.15, -0.1) is 0 Å². The Morgan fingerprint density at radius 2 is 1.20 bits per heavy atom. The molecule has 0 bridgehead atoms. The Kier molecular flexibility index (Phi) is 10.9. The fourth-order valence-electron chi connectivity index (χ4n) is 3.57. The smallest absolute Gasteiger partial charge is 0.257 e. The first-order chi connectivity index (χ1) is 19.2. The number of carbonyl (C=O) groups excluding carboxylic acids is 1. The topological polar surface area (TPSA) is 161 Å². The minimum atomic E-state index is -0.292. The largest absolute Gasteiger partial charge is 0.497 e. The van der Waals surface area contributed by atoms with Crippen molar-refractivity contribution in [2.24, 2.45) is 0 Å². The van der Waals surface area contributed by atoms with E-state index < -0.39 is 0 Å². The molecule has 0 fully saturated rings. The zero-order valence-corrected chi connectivity index (χ0v) is 22.9. The number of nitrogen functional groups attached to an aromatic ring is 4. The van der Waals surface area contributed by atoms with Crippen LogP contribution in [0.3, 0.4) is 0 Å². The van der Waals surface area contributed by atoms with Crippen molar-refractivity contribution in [2.75, 3.05) is 48.6 Å². The minimum absolute atomic E-state index is 0.292. The Bertz CT molecular complexity index is 1330. The fraction of sp³-hybridized carbons (Fsp3) is 0.194. The van der Waals surface area contributed by atoms with Crippen LogP contribution in [0.4, 0.5) is 28.4 Å². The highest BCUT2D eigenvalue weighted by Gasteiger charge is 2.11. The van der Waals surface area contributed by atoms with E-state index in [0.29, 0.717) is 41.6 Å². The Morgan fingerprint density at radius 1 is 0.675 bits per heavy atom. The normalized spacial score (nSPS) is 10.2. The lowest BCUT2D eigenvalue weighted by Gasteiger charge is -2.11. The van der Waals surface area contributed by atoms with Gasteiger partial charge < -0.3 is 42.5 Å². The molecule has 0 atom stereocenters. The van der Waals surface area contributed by atoms with Gasteiger partial charge in [-0.25, -0.2) is 0 Å². The number of benzene rings is 4. The van der Waals surface area contributed by atoms with Crippen molar-refractivity contribution in [3.8, 4) is 17.2 Å². The molecular formula is C31H37N5O4. The van der Waals surface area contributed by atoms with Gasteiger partial charge in [-0.05, 0) is 98.1 Å². The van der Waals surface area contributed by atoms with Gasteiger partial charge in [0.05, 0.1) is 37.3 Å². The fourth-order valence-corrected chi connectivity index (χ4v) is 3.57. The van der Waals surface area contributed by atoms with E-state index in [2.05, 4.69) is 5.32 Å². The van der Waals surface area contributed by atoms with E-state index in [-0.39, 0.29) is 5.91 Å². The molecule has 9 N–H and O–H groups in total. The number of unbranched alkanes of at least 4 members (excludes halogenated alkanes) is 1. The predicted octanol–water partition coefficient (Wildman–Crippen LogP) is 5.51. The number of nitrogens with one attached hydrogen (secondary N) is 1. The highest BCUT2D eigenvalue weighted by molar-refractivity contribution is 6.09. The molecule has 210 valence electrons. The van der Waals surface area contributed by atoms with Crippen LogP contribution < -0.4 is 42.5 Å². The van der Waals surface area contributed by atoms with Crippen molar-refractivity contribution in [3.63, 3.8) is 0 Å². The van der Waals surface area contributed by atoms with Crippen LogP contribution in [0.5, 0.6) is 17.2 Å². The second-order valence-electron chi connectivity index (χ2n) is 9.04. The van der Waals surface area contributed by atoms with Crippen molar-refractivity contribution in [1.82, 2.24) is 0 Å². The van der Waals surface area contributed by atoms with Gasteiger partial charge in [0.25, 0.3) is 5.91 Å². The van der Waals surface area contributed by atoms with Gasteiger partial charge in [-0.2, -0.15) is 0 Å². The average Bonchev–Trinajstić information content (AvgIpc) is 2.94. The zero-order chi connectivity index (χ0) is 28.9. The maximum atomic E-state index is 12.2. The van der Waals surface area contributed by atoms with Crippen LogP contribution in [0, 0.1) is 6.92 Å². The van der Waals surface area contributed by atoms with Gasteiger partial charge in [0.1, 0.15) is 17.2 Å². The lowest BCUT2D eigenvalue weighted by atomic mass is 10.1. The summed E-state index contributed by atoms with van der Waals surface area (Å²) in [6, 6.07) is 25.2. The molecule has 0 aromatic heterocycles. The molecule has 9 heteroatoms.